The summed E-state index contributed by atoms with van der Waals surface area (Å²) in [5.41, 5.74) is 11.5. The Morgan fingerprint density at radius 3 is 2.60 bits per heavy atom. The standard InChI is InChI=1S/C16H20N8O/c1-2-10-7-13(14(17)16(22-18)23-24-19)15(20-8-10)21-9-11-3-5-12(25)6-4-11/h3-8,17,25H,2,9,18H2,1H3,(H,20,21)(H2,19,22,23). The number of benzene rings is 1. The highest BCUT2D eigenvalue weighted by molar-refractivity contribution is 6.47. The number of hydrogen-bond acceptors (Lipinski definition) is 8. The lowest BCUT2D eigenvalue weighted by atomic mass is 10.1. The molecule has 7 N–H and O–H groups in total. The summed E-state index contributed by atoms with van der Waals surface area (Å²) in [6.45, 7) is 2.45. The van der Waals surface area contributed by atoms with E-state index < -0.39 is 0 Å². The van der Waals surface area contributed by atoms with Gasteiger partial charge in [-0.2, -0.15) is 10.6 Å². The van der Waals surface area contributed by atoms with Crippen molar-refractivity contribution in [3.05, 3.63) is 53.2 Å². The maximum Gasteiger partial charge on any atom is 0.193 e. The van der Waals surface area contributed by atoms with E-state index in [9.17, 15) is 5.11 Å². The van der Waals surface area contributed by atoms with Gasteiger partial charge in [-0.3, -0.25) is 5.41 Å². The third-order valence-electron chi connectivity index (χ3n) is 3.55. The summed E-state index contributed by atoms with van der Waals surface area (Å²) in [4.78, 5) is 4.38. The molecular formula is C16H20N8O. The number of anilines is 1. The number of pyridine rings is 1. The highest BCUT2D eigenvalue weighted by atomic mass is 16.3. The van der Waals surface area contributed by atoms with Crippen LogP contribution in [-0.2, 0) is 13.0 Å². The Balaban J connectivity index is 2.29. The third kappa shape index (κ3) is 4.50. The number of amidine groups is 1. The van der Waals surface area contributed by atoms with Gasteiger partial charge in [0, 0.05) is 18.3 Å². The first kappa shape index (κ1) is 17.9. The monoisotopic (exact) mass is 340 g/mol. The number of phenols is 1. The Bertz CT molecular complexity index is 785. The number of nitrogens with two attached hydrogens (primary N) is 1. The van der Waals surface area contributed by atoms with Crippen LogP contribution in [0.5, 0.6) is 5.75 Å². The predicted octanol–water partition coefficient (Wildman–Crippen LogP) is 2.14. The van der Waals surface area contributed by atoms with Crippen LogP contribution in [-0.4, -0.2) is 21.6 Å². The molecule has 0 saturated carbocycles. The molecule has 2 rings (SSSR count). The van der Waals surface area contributed by atoms with Crippen molar-refractivity contribution in [2.45, 2.75) is 19.9 Å². The molecule has 1 aromatic heterocycles. The van der Waals surface area contributed by atoms with Crippen LogP contribution < -0.4 is 16.6 Å². The van der Waals surface area contributed by atoms with E-state index in [1.807, 2.05) is 13.0 Å². The number of phenolic OH excluding ortho intramolecular Hbond substituents is 1. The summed E-state index contributed by atoms with van der Waals surface area (Å²) < 4.78 is 0. The second-order valence-corrected chi connectivity index (χ2v) is 5.19. The van der Waals surface area contributed by atoms with E-state index >= 15 is 0 Å². The third-order valence-corrected chi connectivity index (χ3v) is 3.55. The molecule has 0 spiro atoms. The van der Waals surface area contributed by atoms with E-state index in [0.717, 1.165) is 17.5 Å². The lowest BCUT2D eigenvalue weighted by Gasteiger charge is -2.14. The van der Waals surface area contributed by atoms with Gasteiger partial charge in [-0.25, -0.2) is 10.4 Å². The first-order valence-corrected chi connectivity index (χ1v) is 7.59. The molecule has 1 aromatic carbocycles. The van der Waals surface area contributed by atoms with Gasteiger partial charge < -0.3 is 16.3 Å². The molecule has 0 saturated heterocycles. The van der Waals surface area contributed by atoms with Crippen LogP contribution in [0.4, 0.5) is 5.82 Å². The number of aromatic hydroxyl groups is 1. The zero-order chi connectivity index (χ0) is 18.2. The Kier molecular flexibility index (Phi) is 5.99. The van der Waals surface area contributed by atoms with Crippen LogP contribution >= 0.6 is 0 Å². The summed E-state index contributed by atoms with van der Waals surface area (Å²) >= 11 is 0. The van der Waals surface area contributed by atoms with Crippen molar-refractivity contribution in [2.24, 2.45) is 16.2 Å². The average molecular weight is 340 g/mol. The molecule has 0 bridgehead atoms. The minimum Gasteiger partial charge on any atom is -0.508 e. The maximum absolute atomic E-state index is 9.34. The summed E-state index contributed by atoms with van der Waals surface area (Å²) in [5.74, 6) is 5.93. The van der Waals surface area contributed by atoms with E-state index in [4.69, 9.17) is 16.8 Å². The highest BCUT2D eigenvalue weighted by Gasteiger charge is 2.16. The van der Waals surface area contributed by atoms with Gasteiger partial charge in [0.25, 0.3) is 0 Å². The molecule has 0 fully saturated rings. The predicted molar refractivity (Wildman–Crippen MR) is 95.8 cm³/mol. The number of nitrogens with one attached hydrogen (secondary N) is 4. The second-order valence-electron chi connectivity index (χ2n) is 5.19. The fourth-order valence-electron chi connectivity index (χ4n) is 2.16. The molecule has 0 atom stereocenters. The molecule has 2 aromatic rings. The number of aromatic nitrogens is 1. The maximum atomic E-state index is 9.34. The molecule has 130 valence electrons. The van der Waals surface area contributed by atoms with Gasteiger partial charge in [0.05, 0.1) is 0 Å². The number of hydrogen-bond donors (Lipinski definition) is 6. The number of nitrogens with zero attached hydrogens (tertiary/aromatic N) is 3. The van der Waals surface area contributed by atoms with Crippen LogP contribution in [0.3, 0.4) is 0 Å². The average Bonchev–Trinajstić information content (AvgIpc) is 2.65. The van der Waals surface area contributed by atoms with E-state index in [1.165, 1.54) is 0 Å². The van der Waals surface area contributed by atoms with Gasteiger partial charge in [-0.1, -0.05) is 24.3 Å². The molecule has 0 aliphatic carbocycles. The summed E-state index contributed by atoms with van der Waals surface area (Å²) in [6, 6.07) is 8.62. The first-order valence-electron chi connectivity index (χ1n) is 7.59. The minimum absolute atomic E-state index is 0.0190. The van der Waals surface area contributed by atoms with Gasteiger partial charge in [0.2, 0.25) is 0 Å². The lowest BCUT2D eigenvalue weighted by molar-refractivity contribution is 0.475. The SMILES string of the molecule is CCc1cnc(NCc2ccc(O)cc2)c(C(=N)C(=NN)NN=N)c1. The van der Waals surface area contributed by atoms with Crippen LogP contribution in [0.15, 0.2) is 46.9 Å². The van der Waals surface area contributed by atoms with Crippen molar-refractivity contribution in [3.8, 4) is 5.75 Å². The number of hydrazone groups is 1. The van der Waals surface area contributed by atoms with Gasteiger partial charge in [0.1, 0.15) is 17.3 Å². The Morgan fingerprint density at radius 1 is 1.28 bits per heavy atom. The van der Waals surface area contributed by atoms with Crippen LogP contribution in [0.25, 0.3) is 0 Å². The van der Waals surface area contributed by atoms with Crippen molar-refractivity contribution < 1.29 is 5.11 Å². The largest absolute Gasteiger partial charge is 0.508 e. The smallest absolute Gasteiger partial charge is 0.193 e. The minimum atomic E-state index is -0.0299. The van der Waals surface area contributed by atoms with Crippen molar-refractivity contribution >= 4 is 17.4 Å². The van der Waals surface area contributed by atoms with Gasteiger partial charge in [-0.05, 0) is 35.7 Å². The van der Waals surface area contributed by atoms with Gasteiger partial charge in [-0.15, -0.1) is 0 Å². The molecule has 0 amide bonds. The van der Waals surface area contributed by atoms with Crippen molar-refractivity contribution in [2.75, 3.05) is 5.32 Å². The molecule has 1 heterocycles. The van der Waals surface area contributed by atoms with Gasteiger partial charge in [0.15, 0.2) is 5.84 Å². The van der Waals surface area contributed by atoms with Crippen molar-refractivity contribution in [1.82, 2.24) is 10.4 Å². The normalized spacial score (nSPS) is 11.0. The molecule has 9 heteroatoms. The van der Waals surface area contributed by atoms with Crippen LogP contribution in [0, 0.1) is 10.9 Å². The molecule has 0 aliphatic rings. The van der Waals surface area contributed by atoms with E-state index in [1.54, 1.807) is 30.5 Å². The molecule has 0 unspecified atom stereocenters. The van der Waals surface area contributed by atoms with Crippen molar-refractivity contribution in [3.63, 3.8) is 0 Å². The Labute approximate surface area is 145 Å². The zero-order valence-electron chi connectivity index (χ0n) is 13.7. The fraction of sp³-hybridized carbons (Fsp3) is 0.188. The molecular weight excluding hydrogens is 320 g/mol. The van der Waals surface area contributed by atoms with Gasteiger partial charge >= 0.3 is 0 Å². The fourth-order valence-corrected chi connectivity index (χ4v) is 2.16. The molecule has 25 heavy (non-hydrogen) atoms. The molecule has 0 aliphatic heterocycles. The quantitative estimate of drug-likeness (QED) is 0.150. The van der Waals surface area contributed by atoms with Crippen molar-refractivity contribution in [1.29, 1.82) is 10.9 Å². The number of rotatable bonds is 7. The molecule has 0 radical (unpaired) electrons. The molecule has 9 nitrogen and oxygen atoms in total. The first-order chi connectivity index (χ1) is 12.1. The zero-order valence-corrected chi connectivity index (χ0v) is 13.7. The Hall–Kier alpha value is -3.49. The topological polar surface area (TPSA) is 156 Å². The second kappa shape index (κ2) is 8.39. The van der Waals surface area contributed by atoms with E-state index in [2.05, 4.69) is 26.1 Å². The highest BCUT2D eigenvalue weighted by Crippen LogP contribution is 2.18. The Morgan fingerprint density at radius 2 is 2.00 bits per heavy atom. The van der Waals surface area contributed by atoms with Crippen LogP contribution in [0.2, 0.25) is 0 Å². The summed E-state index contributed by atoms with van der Waals surface area (Å²) in [5, 5.41) is 27.3. The van der Waals surface area contributed by atoms with E-state index in [-0.39, 0.29) is 17.3 Å². The lowest BCUT2D eigenvalue weighted by Crippen LogP contribution is -2.29. The summed E-state index contributed by atoms with van der Waals surface area (Å²) in [6.07, 6.45) is 2.49. The van der Waals surface area contributed by atoms with Crippen LogP contribution in [0.1, 0.15) is 23.6 Å². The van der Waals surface area contributed by atoms with E-state index in [0.29, 0.717) is 17.9 Å². The number of aryl methyl sites for hydroxylation is 1. The summed E-state index contributed by atoms with van der Waals surface area (Å²) in [7, 11) is 0.